The van der Waals surface area contributed by atoms with E-state index in [-0.39, 0.29) is 23.4 Å². The molecular weight excluding hydrogens is 358 g/mol. The van der Waals surface area contributed by atoms with Crippen LogP contribution in [-0.4, -0.2) is 0 Å². The molecule has 8 heteroatoms. The van der Waals surface area contributed by atoms with Gasteiger partial charge in [-0.15, -0.1) is 0 Å². The Bertz CT molecular complexity index is 809. The number of aryl methyl sites for hydroxylation is 1. The number of rotatable bonds is 3. The van der Waals surface area contributed by atoms with Gasteiger partial charge in [-0.3, -0.25) is 0 Å². The Morgan fingerprint density at radius 3 is 2.00 bits per heavy atom. The molecule has 2 aromatic rings. The highest BCUT2D eigenvalue weighted by molar-refractivity contribution is 5.55. The van der Waals surface area contributed by atoms with Crippen LogP contribution >= 0.6 is 0 Å². The van der Waals surface area contributed by atoms with E-state index in [1.807, 2.05) is 0 Å². The highest BCUT2D eigenvalue weighted by atomic mass is 19.4. The largest absolute Gasteiger partial charge is 0.416 e. The van der Waals surface area contributed by atoms with Gasteiger partial charge in [-0.25, -0.2) is 0 Å². The fraction of sp³-hybridized carbons (Fsp3) is 0.333. The number of benzene rings is 2. The molecule has 1 atom stereocenters. The number of nitrogens with two attached hydrogens (primary N) is 2. The molecule has 0 bridgehead atoms. The molecule has 0 saturated heterocycles. The number of anilines is 2. The van der Waals surface area contributed by atoms with Crippen LogP contribution in [0.2, 0.25) is 0 Å². The summed E-state index contributed by atoms with van der Waals surface area (Å²) in [7, 11) is 0. The molecule has 0 heterocycles. The molecule has 0 aliphatic rings. The Hall–Kier alpha value is -2.38. The van der Waals surface area contributed by atoms with E-state index in [9.17, 15) is 26.3 Å². The van der Waals surface area contributed by atoms with Crippen molar-refractivity contribution >= 4 is 11.4 Å². The predicted molar refractivity (Wildman–Crippen MR) is 88.6 cm³/mol. The summed E-state index contributed by atoms with van der Waals surface area (Å²) in [4.78, 5) is 0. The molecule has 0 fully saturated rings. The van der Waals surface area contributed by atoms with E-state index in [1.54, 1.807) is 6.92 Å². The molecule has 26 heavy (non-hydrogen) atoms. The molecule has 1 unspecified atom stereocenters. The lowest BCUT2D eigenvalue weighted by molar-refractivity contribution is -0.139. The van der Waals surface area contributed by atoms with Gasteiger partial charge in [0, 0.05) is 11.4 Å². The summed E-state index contributed by atoms with van der Waals surface area (Å²) >= 11 is 0. The van der Waals surface area contributed by atoms with Crippen LogP contribution < -0.4 is 11.5 Å². The average molecular weight is 376 g/mol. The third-order valence-electron chi connectivity index (χ3n) is 4.27. The van der Waals surface area contributed by atoms with Crippen molar-refractivity contribution in [1.82, 2.24) is 0 Å². The molecule has 142 valence electrons. The van der Waals surface area contributed by atoms with E-state index in [2.05, 4.69) is 0 Å². The molecule has 4 N–H and O–H groups in total. The second-order valence-corrected chi connectivity index (χ2v) is 6.31. The van der Waals surface area contributed by atoms with Crippen LogP contribution in [0.5, 0.6) is 0 Å². The first-order chi connectivity index (χ1) is 11.8. The van der Waals surface area contributed by atoms with Crippen molar-refractivity contribution in [3.63, 3.8) is 0 Å². The molecule has 0 aliphatic heterocycles. The molecule has 2 nitrogen and oxygen atoms in total. The zero-order valence-corrected chi connectivity index (χ0v) is 14.1. The van der Waals surface area contributed by atoms with Gasteiger partial charge in [0.15, 0.2) is 0 Å². The lowest BCUT2D eigenvalue weighted by atomic mass is 9.88. The van der Waals surface area contributed by atoms with Crippen molar-refractivity contribution in [3.05, 3.63) is 58.1 Å². The van der Waals surface area contributed by atoms with Gasteiger partial charge in [-0.1, -0.05) is 13.0 Å². The molecule has 2 rings (SSSR count). The summed E-state index contributed by atoms with van der Waals surface area (Å²) in [6.07, 6.45) is -9.05. The van der Waals surface area contributed by atoms with Crippen LogP contribution in [0, 0.1) is 6.92 Å². The topological polar surface area (TPSA) is 52.0 Å². The maximum Gasteiger partial charge on any atom is 0.416 e. The highest BCUT2D eigenvalue weighted by Crippen LogP contribution is 2.39. The third kappa shape index (κ3) is 4.23. The number of hydrogen-bond donors (Lipinski definition) is 2. The molecule has 0 radical (unpaired) electrons. The summed E-state index contributed by atoms with van der Waals surface area (Å²) in [6.45, 7) is 3.03. The van der Waals surface area contributed by atoms with Crippen molar-refractivity contribution in [2.24, 2.45) is 0 Å². The summed E-state index contributed by atoms with van der Waals surface area (Å²) in [6, 6.07) is 5.10. The molecule has 0 aliphatic carbocycles. The van der Waals surface area contributed by atoms with E-state index >= 15 is 0 Å². The first-order valence-electron chi connectivity index (χ1n) is 7.73. The smallest absolute Gasteiger partial charge is 0.399 e. The monoisotopic (exact) mass is 376 g/mol. The molecule has 0 saturated carbocycles. The Balaban J connectivity index is 2.39. The van der Waals surface area contributed by atoms with Crippen LogP contribution in [-0.2, 0) is 18.8 Å². The first-order valence-corrected chi connectivity index (χ1v) is 7.73. The van der Waals surface area contributed by atoms with Gasteiger partial charge in [0.2, 0.25) is 0 Å². The number of halogens is 6. The SMILES string of the molecule is Cc1cc(C(F)(F)F)c(C(C)Cc2ccc(C(F)(F)F)cc2N)cc1N. The Labute approximate surface area is 146 Å². The van der Waals surface area contributed by atoms with Gasteiger partial charge in [0.05, 0.1) is 11.1 Å². The minimum absolute atomic E-state index is 0.0140. The van der Waals surface area contributed by atoms with Crippen molar-refractivity contribution in [3.8, 4) is 0 Å². The van der Waals surface area contributed by atoms with Crippen LogP contribution in [0.1, 0.15) is 40.7 Å². The van der Waals surface area contributed by atoms with E-state index in [0.717, 1.165) is 18.2 Å². The maximum absolute atomic E-state index is 13.3. The second kappa shape index (κ2) is 6.74. The summed E-state index contributed by atoms with van der Waals surface area (Å²) < 4.78 is 78.1. The van der Waals surface area contributed by atoms with Gasteiger partial charge in [-0.05, 0) is 60.2 Å². The van der Waals surface area contributed by atoms with E-state index in [0.29, 0.717) is 11.1 Å². The second-order valence-electron chi connectivity index (χ2n) is 6.31. The standard InChI is InChI=1S/C18H18F6N2/c1-9(5-11-3-4-12(7-16(11)26)17(19,20)21)13-8-15(25)10(2)6-14(13)18(22,23)24/h3-4,6-9H,5,25-26H2,1-2H3. The molecule has 0 amide bonds. The number of alkyl halides is 6. The van der Waals surface area contributed by atoms with Gasteiger partial charge in [0.25, 0.3) is 0 Å². The van der Waals surface area contributed by atoms with Crippen LogP contribution in [0.4, 0.5) is 37.7 Å². The van der Waals surface area contributed by atoms with Crippen molar-refractivity contribution in [2.45, 2.75) is 38.5 Å². The number of nitrogen functional groups attached to an aromatic ring is 2. The van der Waals surface area contributed by atoms with Gasteiger partial charge < -0.3 is 11.5 Å². The van der Waals surface area contributed by atoms with Crippen LogP contribution in [0.15, 0.2) is 30.3 Å². The normalized spacial score (nSPS) is 13.7. The maximum atomic E-state index is 13.3. The van der Waals surface area contributed by atoms with E-state index in [4.69, 9.17) is 11.5 Å². The Morgan fingerprint density at radius 2 is 1.50 bits per heavy atom. The Kier molecular flexibility index (Phi) is 5.17. The molecular formula is C18H18F6N2. The van der Waals surface area contributed by atoms with Gasteiger partial charge in [0.1, 0.15) is 0 Å². The van der Waals surface area contributed by atoms with E-state index < -0.39 is 29.4 Å². The zero-order chi connectivity index (χ0) is 19.9. The third-order valence-corrected chi connectivity index (χ3v) is 4.27. The average Bonchev–Trinajstić information content (AvgIpc) is 2.49. The fourth-order valence-electron chi connectivity index (χ4n) is 2.79. The highest BCUT2D eigenvalue weighted by Gasteiger charge is 2.35. The van der Waals surface area contributed by atoms with Crippen LogP contribution in [0.3, 0.4) is 0 Å². The fourth-order valence-corrected chi connectivity index (χ4v) is 2.79. The minimum Gasteiger partial charge on any atom is -0.399 e. The van der Waals surface area contributed by atoms with Crippen molar-refractivity contribution in [1.29, 1.82) is 0 Å². The predicted octanol–water partition coefficient (Wildman–Crippen LogP) is 5.54. The summed E-state index contributed by atoms with van der Waals surface area (Å²) in [5, 5.41) is 0. The molecule has 0 spiro atoms. The summed E-state index contributed by atoms with van der Waals surface area (Å²) in [5.41, 5.74) is 10.5. The van der Waals surface area contributed by atoms with Crippen molar-refractivity contribution in [2.75, 3.05) is 11.5 Å². The van der Waals surface area contributed by atoms with Crippen LogP contribution in [0.25, 0.3) is 0 Å². The lowest BCUT2D eigenvalue weighted by Gasteiger charge is -2.21. The van der Waals surface area contributed by atoms with Gasteiger partial charge >= 0.3 is 12.4 Å². The number of hydrogen-bond acceptors (Lipinski definition) is 2. The zero-order valence-electron chi connectivity index (χ0n) is 14.1. The minimum atomic E-state index is -4.56. The molecule has 0 aromatic heterocycles. The summed E-state index contributed by atoms with van der Waals surface area (Å²) in [5.74, 6) is -0.645. The Morgan fingerprint density at radius 1 is 0.885 bits per heavy atom. The molecule has 2 aromatic carbocycles. The van der Waals surface area contributed by atoms with Gasteiger partial charge in [-0.2, -0.15) is 26.3 Å². The van der Waals surface area contributed by atoms with E-state index in [1.165, 1.54) is 19.1 Å². The lowest BCUT2D eigenvalue weighted by Crippen LogP contribution is -2.14. The quantitative estimate of drug-likeness (QED) is 0.546. The first kappa shape index (κ1) is 19.9. The van der Waals surface area contributed by atoms with Crippen molar-refractivity contribution < 1.29 is 26.3 Å².